The van der Waals surface area contributed by atoms with Gasteiger partial charge in [0, 0.05) is 43.6 Å². The third kappa shape index (κ3) is 4.28. The van der Waals surface area contributed by atoms with E-state index in [9.17, 15) is 18.8 Å². The summed E-state index contributed by atoms with van der Waals surface area (Å²) >= 11 is 0. The molecule has 0 atom stereocenters. The number of aryl methyl sites for hydroxylation is 1. The first-order valence-electron chi connectivity index (χ1n) is 10.1. The zero-order valence-corrected chi connectivity index (χ0v) is 17.2. The number of H-pyrrole nitrogens is 1. The minimum atomic E-state index is -0.724. The van der Waals surface area contributed by atoms with Gasteiger partial charge in [-0.3, -0.25) is 14.2 Å². The fourth-order valence-electron chi connectivity index (χ4n) is 3.77. The van der Waals surface area contributed by atoms with Gasteiger partial charge in [0.15, 0.2) is 0 Å². The predicted octanol–water partition coefficient (Wildman–Crippen LogP) is 1.99. The van der Waals surface area contributed by atoms with Gasteiger partial charge in [-0.2, -0.15) is 0 Å². The average molecular weight is 422 g/mol. The van der Waals surface area contributed by atoms with Crippen LogP contribution in [0.5, 0.6) is 0 Å². The number of nitrogens with zero attached hydrogens (tertiary/aromatic N) is 3. The second-order valence-corrected chi connectivity index (χ2v) is 7.61. The van der Waals surface area contributed by atoms with Crippen LogP contribution in [0.4, 0.5) is 10.1 Å². The van der Waals surface area contributed by atoms with E-state index in [-0.39, 0.29) is 17.7 Å². The first-order chi connectivity index (χ1) is 14.9. The second kappa shape index (κ2) is 8.59. The number of carbonyl (C=O) groups excluding carboxylic acids is 1. The van der Waals surface area contributed by atoms with Gasteiger partial charge in [0.1, 0.15) is 11.4 Å². The predicted molar refractivity (Wildman–Crippen MR) is 116 cm³/mol. The smallest absolute Gasteiger partial charge is 0.328 e. The Morgan fingerprint density at radius 3 is 2.48 bits per heavy atom. The van der Waals surface area contributed by atoms with Crippen molar-refractivity contribution in [1.82, 2.24) is 14.5 Å². The average Bonchev–Trinajstić information content (AvgIpc) is 2.77. The highest BCUT2D eigenvalue weighted by atomic mass is 19.1. The molecule has 31 heavy (non-hydrogen) atoms. The monoisotopic (exact) mass is 422 g/mol. The first kappa shape index (κ1) is 20.6. The van der Waals surface area contributed by atoms with Crippen molar-refractivity contribution in [3.8, 4) is 0 Å². The lowest BCUT2D eigenvalue weighted by Gasteiger charge is -2.36. The Balaban J connectivity index is 1.52. The summed E-state index contributed by atoms with van der Waals surface area (Å²) in [7, 11) is 0. The fourth-order valence-corrected chi connectivity index (χ4v) is 3.77. The lowest BCUT2D eigenvalue weighted by Crippen LogP contribution is -2.50. The minimum Gasteiger partial charge on any atom is -0.368 e. The van der Waals surface area contributed by atoms with Crippen LogP contribution in [0.3, 0.4) is 0 Å². The molecule has 2 aromatic carbocycles. The largest absolute Gasteiger partial charge is 0.368 e. The Kier molecular flexibility index (Phi) is 5.70. The SMILES string of the molecule is Cc1cccc(N2CCN(C(=O)c3c[nH]c(=O)n(Cc4ccccc4F)c3=O)CC2)c1. The van der Waals surface area contributed by atoms with Gasteiger partial charge in [-0.05, 0) is 30.7 Å². The quantitative estimate of drug-likeness (QED) is 0.698. The summed E-state index contributed by atoms with van der Waals surface area (Å²) < 4.78 is 14.8. The van der Waals surface area contributed by atoms with Gasteiger partial charge in [0.05, 0.1) is 6.54 Å². The number of benzene rings is 2. The van der Waals surface area contributed by atoms with E-state index in [1.165, 1.54) is 23.8 Å². The number of piperazine rings is 1. The van der Waals surface area contributed by atoms with Crippen molar-refractivity contribution in [2.24, 2.45) is 0 Å². The van der Waals surface area contributed by atoms with Crippen LogP contribution in [0, 0.1) is 12.7 Å². The Morgan fingerprint density at radius 1 is 1.03 bits per heavy atom. The molecule has 1 aromatic heterocycles. The summed E-state index contributed by atoms with van der Waals surface area (Å²) in [6.07, 6.45) is 1.15. The van der Waals surface area contributed by atoms with Gasteiger partial charge in [-0.25, -0.2) is 9.18 Å². The number of anilines is 1. The summed E-state index contributed by atoms with van der Waals surface area (Å²) in [5.41, 5.74) is 0.932. The van der Waals surface area contributed by atoms with Crippen molar-refractivity contribution in [2.75, 3.05) is 31.1 Å². The van der Waals surface area contributed by atoms with E-state index < -0.39 is 23.0 Å². The van der Waals surface area contributed by atoms with Crippen LogP contribution >= 0.6 is 0 Å². The molecule has 0 radical (unpaired) electrons. The molecule has 2 heterocycles. The third-order valence-electron chi connectivity index (χ3n) is 5.51. The molecule has 0 bridgehead atoms. The second-order valence-electron chi connectivity index (χ2n) is 7.61. The van der Waals surface area contributed by atoms with E-state index >= 15 is 0 Å². The number of hydrogen-bond donors (Lipinski definition) is 1. The van der Waals surface area contributed by atoms with Crippen molar-refractivity contribution in [1.29, 1.82) is 0 Å². The van der Waals surface area contributed by atoms with Gasteiger partial charge in [0.25, 0.3) is 11.5 Å². The van der Waals surface area contributed by atoms with Crippen LogP contribution in [0.2, 0.25) is 0 Å². The van der Waals surface area contributed by atoms with E-state index in [4.69, 9.17) is 0 Å². The molecule has 0 spiro atoms. The van der Waals surface area contributed by atoms with Crippen LogP contribution in [0.25, 0.3) is 0 Å². The maximum atomic E-state index is 14.0. The van der Waals surface area contributed by atoms with Crippen molar-refractivity contribution in [3.05, 3.63) is 98.1 Å². The molecule has 0 saturated carbocycles. The van der Waals surface area contributed by atoms with E-state index in [1.807, 2.05) is 25.1 Å². The highest BCUT2D eigenvalue weighted by Gasteiger charge is 2.25. The molecular weight excluding hydrogens is 399 g/mol. The Hall–Kier alpha value is -3.68. The van der Waals surface area contributed by atoms with Gasteiger partial charge in [-0.15, -0.1) is 0 Å². The summed E-state index contributed by atoms with van der Waals surface area (Å²) in [6.45, 7) is 3.98. The molecule has 4 rings (SSSR count). The summed E-state index contributed by atoms with van der Waals surface area (Å²) in [5.74, 6) is -0.953. The molecule has 8 heteroatoms. The van der Waals surface area contributed by atoms with Crippen LogP contribution in [0.15, 0.2) is 64.3 Å². The van der Waals surface area contributed by atoms with Crippen LogP contribution < -0.4 is 16.1 Å². The Labute approximate surface area is 178 Å². The highest BCUT2D eigenvalue weighted by Crippen LogP contribution is 2.18. The number of amides is 1. The van der Waals surface area contributed by atoms with Crippen molar-refractivity contribution in [2.45, 2.75) is 13.5 Å². The standard InChI is InChI=1S/C23H23FN4O3/c1-16-5-4-7-18(13-16)26-9-11-27(12-10-26)21(29)19-14-25-23(31)28(22(19)30)15-17-6-2-3-8-20(17)24/h2-8,13-14H,9-12,15H2,1H3,(H,25,31). The van der Waals surface area contributed by atoms with Gasteiger partial charge in [0.2, 0.25) is 0 Å². The van der Waals surface area contributed by atoms with Gasteiger partial charge < -0.3 is 14.8 Å². The van der Waals surface area contributed by atoms with Crippen molar-refractivity contribution in [3.63, 3.8) is 0 Å². The summed E-state index contributed by atoms with van der Waals surface area (Å²) in [5, 5.41) is 0. The fraction of sp³-hybridized carbons (Fsp3) is 0.261. The minimum absolute atomic E-state index is 0.125. The first-order valence-corrected chi connectivity index (χ1v) is 10.1. The lowest BCUT2D eigenvalue weighted by molar-refractivity contribution is 0.0743. The molecule has 0 unspecified atom stereocenters. The van der Waals surface area contributed by atoms with E-state index in [0.717, 1.165) is 16.5 Å². The number of carbonyl (C=O) groups is 1. The number of hydrogen-bond acceptors (Lipinski definition) is 4. The molecule has 160 valence electrons. The molecular formula is C23H23FN4O3. The van der Waals surface area contributed by atoms with Gasteiger partial charge in [-0.1, -0.05) is 30.3 Å². The van der Waals surface area contributed by atoms with E-state index in [2.05, 4.69) is 16.0 Å². The normalized spacial score (nSPS) is 14.0. The lowest BCUT2D eigenvalue weighted by atomic mass is 10.1. The topological polar surface area (TPSA) is 78.4 Å². The maximum Gasteiger partial charge on any atom is 0.328 e. The van der Waals surface area contributed by atoms with Crippen molar-refractivity contribution >= 4 is 11.6 Å². The Bertz CT molecular complexity index is 1230. The van der Waals surface area contributed by atoms with E-state index in [1.54, 1.807) is 11.0 Å². The molecule has 1 amide bonds. The zero-order valence-electron chi connectivity index (χ0n) is 17.2. The molecule has 7 nitrogen and oxygen atoms in total. The zero-order chi connectivity index (χ0) is 22.0. The maximum absolute atomic E-state index is 14.0. The number of rotatable bonds is 4. The number of aromatic nitrogens is 2. The highest BCUT2D eigenvalue weighted by molar-refractivity contribution is 5.93. The molecule has 1 saturated heterocycles. The molecule has 1 aliphatic rings. The number of nitrogens with one attached hydrogen (secondary N) is 1. The number of aromatic amines is 1. The van der Waals surface area contributed by atoms with E-state index in [0.29, 0.717) is 26.2 Å². The molecule has 1 N–H and O–H groups in total. The molecule has 1 fully saturated rings. The van der Waals surface area contributed by atoms with Crippen molar-refractivity contribution < 1.29 is 9.18 Å². The molecule has 1 aliphatic heterocycles. The van der Waals surface area contributed by atoms with Crippen LogP contribution in [-0.4, -0.2) is 46.5 Å². The third-order valence-corrected chi connectivity index (χ3v) is 5.51. The number of halogens is 1. The van der Waals surface area contributed by atoms with Gasteiger partial charge >= 0.3 is 5.69 Å². The summed E-state index contributed by atoms with van der Waals surface area (Å²) in [6, 6.07) is 14.1. The Morgan fingerprint density at radius 2 is 1.77 bits per heavy atom. The van der Waals surface area contributed by atoms with Crippen LogP contribution in [0.1, 0.15) is 21.5 Å². The molecule has 0 aliphatic carbocycles. The molecule has 3 aromatic rings. The summed E-state index contributed by atoms with van der Waals surface area (Å²) in [4.78, 5) is 44.3. The van der Waals surface area contributed by atoms with Crippen LogP contribution in [-0.2, 0) is 6.54 Å².